The minimum atomic E-state index is -0.319. The first kappa shape index (κ1) is 10.8. The smallest absolute Gasteiger partial charge is 0.160 e. The molecule has 1 aromatic heterocycles. The highest BCUT2D eigenvalue weighted by atomic mass is 35.5. The van der Waals surface area contributed by atoms with Crippen molar-refractivity contribution in [1.29, 1.82) is 0 Å². The molecule has 0 radical (unpaired) electrons. The molecule has 0 saturated carbocycles. The second-order valence-electron chi connectivity index (χ2n) is 4.04. The predicted molar refractivity (Wildman–Crippen MR) is 58.7 cm³/mol. The fraction of sp³-hybridized carbons (Fsp3) is 0.636. The van der Waals surface area contributed by atoms with Gasteiger partial charge in [-0.05, 0) is 32.3 Å². The maximum absolute atomic E-state index is 5.78. The second kappa shape index (κ2) is 4.45. The summed E-state index contributed by atoms with van der Waals surface area (Å²) in [5, 5.41) is 0. The average molecular weight is 227 g/mol. The summed E-state index contributed by atoms with van der Waals surface area (Å²) in [7, 11) is 0. The van der Waals surface area contributed by atoms with Crippen molar-refractivity contribution >= 4 is 11.6 Å². The van der Waals surface area contributed by atoms with E-state index in [2.05, 4.69) is 16.9 Å². The van der Waals surface area contributed by atoms with Crippen LogP contribution in [0.5, 0.6) is 0 Å². The predicted octanol–water partition coefficient (Wildman–Crippen LogP) is 2.63. The molecule has 4 heteroatoms. The first-order chi connectivity index (χ1) is 7.24. The van der Waals surface area contributed by atoms with Gasteiger partial charge in [0.2, 0.25) is 0 Å². The number of nitrogens with zero attached hydrogens (tertiary/aromatic N) is 2. The van der Waals surface area contributed by atoms with Crippen molar-refractivity contribution in [3.63, 3.8) is 0 Å². The highest BCUT2D eigenvalue weighted by Gasteiger charge is 2.32. The standard InChI is InChI=1S/C11H15ClN2O/c1-11(5-2-3-7-15-11)10-13-6-4-9(8-12)14-10/h4,6H,2-3,5,7-8H2,1H3. The van der Waals surface area contributed by atoms with Crippen molar-refractivity contribution in [1.82, 2.24) is 9.97 Å². The molecule has 1 fully saturated rings. The Morgan fingerprint density at radius 3 is 3.07 bits per heavy atom. The molecule has 1 atom stereocenters. The van der Waals surface area contributed by atoms with Crippen LogP contribution in [-0.4, -0.2) is 16.6 Å². The molecular weight excluding hydrogens is 212 g/mol. The van der Waals surface area contributed by atoms with Crippen molar-refractivity contribution in [2.45, 2.75) is 37.7 Å². The van der Waals surface area contributed by atoms with Crippen LogP contribution in [0.1, 0.15) is 37.7 Å². The zero-order valence-electron chi connectivity index (χ0n) is 8.87. The van der Waals surface area contributed by atoms with Crippen LogP contribution in [0.4, 0.5) is 0 Å². The summed E-state index contributed by atoms with van der Waals surface area (Å²) in [6.07, 6.45) is 5.04. The van der Waals surface area contributed by atoms with E-state index in [1.165, 1.54) is 6.42 Å². The van der Waals surface area contributed by atoms with Gasteiger partial charge in [0.05, 0.1) is 11.6 Å². The van der Waals surface area contributed by atoms with Crippen LogP contribution in [0.3, 0.4) is 0 Å². The lowest BCUT2D eigenvalue weighted by molar-refractivity contribution is -0.0761. The molecule has 0 N–H and O–H groups in total. The Balaban J connectivity index is 2.26. The topological polar surface area (TPSA) is 35.0 Å². The number of halogens is 1. The lowest BCUT2D eigenvalue weighted by atomic mass is 9.95. The Bertz CT molecular complexity index is 337. The summed E-state index contributed by atoms with van der Waals surface area (Å²) >= 11 is 5.75. The van der Waals surface area contributed by atoms with E-state index in [4.69, 9.17) is 16.3 Å². The Labute approximate surface area is 94.8 Å². The third-order valence-electron chi connectivity index (χ3n) is 2.79. The molecule has 0 aromatic carbocycles. The van der Waals surface area contributed by atoms with Gasteiger partial charge < -0.3 is 4.74 Å². The van der Waals surface area contributed by atoms with Gasteiger partial charge in [0, 0.05) is 12.8 Å². The molecule has 3 nitrogen and oxygen atoms in total. The zero-order valence-corrected chi connectivity index (χ0v) is 9.63. The molecule has 0 spiro atoms. The molecular formula is C11H15ClN2O. The Hall–Kier alpha value is -0.670. The van der Waals surface area contributed by atoms with E-state index < -0.39 is 0 Å². The van der Waals surface area contributed by atoms with Crippen LogP contribution < -0.4 is 0 Å². The minimum Gasteiger partial charge on any atom is -0.367 e. The summed E-state index contributed by atoms with van der Waals surface area (Å²) in [6.45, 7) is 2.85. The van der Waals surface area contributed by atoms with Gasteiger partial charge in [0.15, 0.2) is 5.82 Å². The van der Waals surface area contributed by atoms with Crippen LogP contribution in [0.25, 0.3) is 0 Å². The highest BCUT2D eigenvalue weighted by molar-refractivity contribution is 6.16. The summed E-state index contributed by atoms with van der Waals surface area (Å²) in [5.74, 6) is 1.19. The van der Waals surface area contributed by atoms with Crippen molar-refractivity contribution in [3.8, 4) is 0 Å². The van der Waals surface area contributed by atoms with Gasteiger partial charge >= 0.3 is 0 Å². The fourth-order valence-electron chi connectivity index (χ4n) is 1.84. The lowest BCUT2D eigenvalue weighted by Gasteiger charge is -2.32. The Morgan fingerprint density at radius 1 is 1.53 bits per heavy atom. The van der Waals surface area contributed by atoms with Gasteiger partial charge in [-0.25, -0.2) is 9.97 Å². The third-order valence-corrected chi connectivity index (χ3v) is 3.07. The molecule has 2 heterocycles. The minimum absolute atomic E-state index is 0.319. The van der Waals surface area contributed by atoms with E-state index in [0.29, 0.717) is 5.88 Å². The molecule has 82 valence electrons. The lowest BCUT2D eigenvalue weighted by Crippen LogP contribution is -2.32. The number of hydrogen-bond acceptors (Lipinski definition) is 3. The fourth-order valence-corrected chi connectivity index (χ4v) is 1.98. The second-order valence-corrected chi connectivity index (χ2v) is 4.31. The first-order valence-electron chi connectivity index (χ1n) is 5.27. The van der Waals surface area contributed by atoms with Gasteiger partial charge in [-0.2, -0.15) is 0 Å². The zero-order chi connectivity index (χ0) is 10.7. The molecule has 15 heavy (non-hydrogen) atoms. The third kappa shape index (κ3) is 2.29. The number of hydrogen-bond donors (Lipinski definition) is 0. The van der Waals surface area contributed by atoms with Crippen LogP contribution in [0.15, 0.2) is 12.3 Å². The first-order valence-corrected chi connectivity index (χ1v) is 5.80. The van der Waals surface area contributed by atoms with E-state index in [1.807, 2.05) is 6.07 Å². The maximum Gasteiger partial charge on any atom is 0.160 e. The van der Waals surface area contributed by atoms with Gasteiger partial charge in [-0.3, -0.25) is 0 Å². The van der Waals surface area contributed by atoms with E-state index in [1.54, 1.807) is 6.20 Å². The van der Waals surface area contributed by atoms with Gasteiger partial charge in [0.25, 0.3) is 0 Å². The van der Waals surface area contributed by atoms with Crippen LogP contribution in [0, 0.1) is 0 Å². The van der Waals surface area contributed by atoms with Gasteiger partial charge in [-0.15, -0.1) is 11.6 Å². The molecule has 1 aromatic rings. The number of ether oxygens (including phenoxy) is 1. The van der Waals surface area contributed by atoms with Crippen LogP contribution >= 0.6 is 11.6 Å². The van der Waals surface area contributed by atoms with E-state index in [-0.39, 0.29) is 5.60 Å². The molecule has 0 amide bonds. The van der Waals surface area contributed by atoms with E-state index in [0.717, 1.165) is 31.0 Å². The number of aromatic nitrogens is 2. The molecule has 1 saturated heterocycles. The van der Waals surface area contributed by atoms with E-state index >= 15 is 0 Å². The maximum atomic E-state index is 5.78. The van der Waals surface area contributed by atoms with Gasteiger partial charge in [0.1, 0.15) is 5.60 Å². The number of alkyl halides is 1. The quantitative estimate of drug-likeness (QED) is 0.728. The summed E-state index contributed by atoms with van der Waals surface area (Å²) in [5.41, 5.74) is 0.539. The summed E-state index contributed by atoms with van der Waals surface area (Å²) in [4.78, 5) is 8.71. The van der Waals surface area contributed by atoms with Gasteiger partial charge in [-0.1, -0.05) is 0 Å². The van der Waals surface area contributed by atoms with Crippen LogP contribution in [0.2, 0.25) is 0 Å². The summed E-state index contributed by atoms with van der Waals surface area (Å²) in [6, 6.07) is 1.84. The Morgan fingerprint density at radius 2 is 2.40 bits per heavy atom. The molecule has 1 aliphatic heterocycles. The monoisotopic (exact) mass is 226 g/mol. The van der Waals surface area contributed by atoms with Crippen molar-refractivity contribution in [2.75, 3.05) is 6.61 Å². The van der Waals surface area contributed by atoms with Crippen molar-refractivity contribution < 1.29 is 4.74 Å². The van der Waals surface area contributed by atoms with Crippen molar-refractivity contribution in [3.05, 3.63) is 23.8 Å². The van der Waals surface area contributed by atoms with Crippen molar-refractivity contribution in [2.24, 2.45) is 0 Å². The molecule has 1 aliphatic rings. The summed E-state index contributed by atoms with van der Waals surface area (Å²) < 4.78 is 5.78. The average Bonchev–Trinajstić information content (AvgIpc) is 2.30. The van der Waals surface area contributed by atoms with E-state index in [9.17, 15) is 0 Å². The largest absolute Gasteiger partial charge is 0.367 e. The Kier molecular flexibility index (Phi) is 3.22. The molecule has 0 aliphatic carbocycles. The normalized spacial score (nSPS) is 26.5. The SMILES string of the molecule is CC1(c2nccc(CCl)n2)CCCCO1. The molecule has 0 bridgehead atoms. The molecule has 1 unspecified atom stereocenters. The highest BCUT2D eigenvalue weighted by Crippen LogP contribution is 2.32. The molecule has 2 rings (SSSR count). The van der Waals surface area contributed by atoms with Crippen LogP contribution in [-0.2, 0) is 16.2 Å². The number of rotatable bonds is 2.